The average molecular weight is 1030 g/mol. The normalized spacial score (nSPS) is 13.0. The van der Waals surface area contributed by atoms with Crippen molar-refractivity contribution in [3.05, 3.63) is 122 Å². The highest BCUT2D eigenvalue weighted by Crippen LogP contribution is 2.15. The molecule has 74 heavy (non-hydrogen) atoms. The largest absolute Gasteiger partial charge is 0.462 e. The Kier molecular flexibility index (Phi) is 57.9. The van der Waals surface area contributed by atoms with Gasteiger partial charge in [-0.2, -0.15) is 0 Å². The highest BCUT2D eigenvalue weighted by Gasteiger charge is 2.19. The Labute approximate surface area is 456 Å². The fourth-order valence-electron chi connectivity index (χ4n) is 8.16. The molecular formula is C68H112O6. The Morgan fingerprint density at radius 2 is 0.527 bits per heavy atom. The maximum atomic E-state index is 12.9. The number of hydrogen-bond donors (Lipinski definition) is 0. The van der Waals surface area contributed by atoms with Gasteiger partial charge in [-0.25, -0.2) is 0 Å². The van der Waals surface area contributed by atoms with E-state index in [0.717, 1.165) is 154 Å². The second-order valence-corrected chi connectivity index (χ2v) is 19.8. The van der Waals surface area contributed by atoms with Crippen molar-refractivity contribution in [2.75, 3.05) is 13.2 Å². The third kappa shape index (κ3) is 58.7. The molecule has 0 aromatic heterocycles. The van der Waals surface area contributed by atoms with Gasteiger partial charge in [-0.05, 0) is 128 Å². The number of unbranched alkanes of at least 4 members (excludes halogenated alkanes) is 23. The molecule has 0 saturated carbocycles. The van der Waals surface area contributed by atoms with E-state index in [4.69, 9.17) is 14.2 Å². The van der Waals surface area contributed by atoms with Crippen molar-refractivity contribution in [3.8, 4) is 0 Å². The first-order valence-corrected chi connectivity index (χ1v) is 30.5. The van der Waals surface area contributed by atoms with Crippen LogP contribution in [0.2, 0.25) is 0 Å². The first-order chi connectivity index (χ1) is 36.5. The van der Waals surface area contributed by atoms with Gasteiger partial charge in [0.1, 0.15) is 13.2 Å². The van der Waals surface area contributed by atoms with E-state index in [1.54, 1.807) is 0 Å². The van der Waals surface area contributed by atoms with Crippen molar-refractivity contribution >= 4 is 17.9 Å². The molecular weight excluding hydrogens is 913 g/mol. The minimum Gasteiger partial charge on any atom is -0.462 e. The van der Waals surface area contributed by atoms with Crippen molar-refractivity contribution in [1.29, 1.82) is 0 Å². The molecule has 6 heteroatoms. The molecule has 0 spiro atoms. The zero-order chi connectivity index (χ0) is 53.6. The summed E-state index contributed by atoms with van der Waals surface area (Å²) >= 11 is 0. The molecule has 0 aliphatic rings. The lowest BCUT2D eigenvalue weighted by Gasteiger charge is -2.18. The summed E-state index contributed by atoms with van der Waals surface area (Å²) in [6, 6.07) is 0. The van der Waals surface area contributed by atoms with E-state index in [0.29, 0.717) is 19.3 Å². The van der Waals surface area contributed by atoms with Crippen LogP contribution >= 0.6 is 0 Å². The Balaban J connectivity index is 4.46. The molecule has 1 unspecified atom stereocenters. The van der Waals surface area contributed by atoms with Gasteiger partial charge in [0.2, 0.25) is 0 Å². The molecule has 0 rings (SSSR count). The Morgan fingerprint density at radius 3 is 0.824 bits per heavy atom. The van der Waals surface area contributed by atoms with Crippen LogP contribution in [0, 0.1) is 0 Å². The third-order valence-electron chi connectivity index (χ3n) is 12.7. The van der Waals surface area contributed by atoms with Crippen LogP contribution in [0.5, 0.6) is 0 Å². The smallest absolute Gasteiger partial charge is 0.306 e. The molecule has 0 aromatic rings. The number of esters is 3. The van der Waals surface area contributed by atoms with Gasteiger partial charge in [0, 0.05) is 19.3 Å². The lowest BCUT2D eigenvalue weighted by molar-refractivity contribution is -0.167. The van der Waals surface area contributed by atoms with Crippen LogP contribution in [0.4, 0.5) is 0 Å². The maximum Gasteiger partial charge on any atom is 0.306 e. The van der Waals surface area contributed by atoms with E-state index >= 15 is 0 Å². The van der Waals surface area contributed by atoms with Gasteiger partial charge < -0.3 is 14.2 Å². The lowest BCUT2D eigenvalue weighted by Crippen LogP contribution is -2.30. The summed E-state index contributed by atoms with van der Waals surface area (Å²) in [6.07, 6.45) is 84.7. The predicted octanol–water partition coefficient (Wildman–Crippen LogP) is 20.8. The van der Waals surface area contributed by atoms with Crippen LogP contribution in [0.3, 0.4) is 0 Å². The lowest BCUT2D eigenvalue weighted by atomic mass is 10.1. The minimum atomic E-state index is -0.800. The summed E-state index contributed by atoms with van der Waals surface area (Å²) in [4.78, 5) is 38.3. The Hall–Kier alpha value is -4.19. The molecule has 6 nitrogen and oxygen atoms in total. The molecule has 0 heterocycles. The molecule has 420 valence electrons. The molecule has 0 aliphatic carbocycles. The summed E-state index contributed by atoms with van der Waals surface area (Å²) < 4.78 is 16.9. The maximum absolute atomic E-state index is 12.9. The van der Waals surface area contributed by atoms with E-state index in [9.17, 15) is 14.4 Å². The van der Waals surface area contributed by atoms with Gasteiger partial charge >= 0.3 is 17.9 Å². The molecule has 0 fully saturated rings. The molecule has 0 saturated heterocycles. The topological polar surface area (TPSA) is 78.9 Å². The van der Waals surface area contributed by atoms with Crippen molar-refractivity contribution < 1.29 is 28.6 Å². The molecule has 0 bridgehead atoms. The van der Waals surface area contributed by atoms with E-state index in [1.165, 1.54) is 77.0 Å². The Morgan fingerprint density at radius 1 is 0.284 bits per heavy atom. The van der Waals surface area contributed by atoms with Crippen molar-refractivity contribution in [2.24, 2.45) is 0 Å². The number of ether oxygens (including phenoxy) is 3. The number of hydrogen-bond acceptors (Lipinski definition) is 6. The summed E-state index contributed by atoms with van der Waals surface area (Å²) in [7, 11) is 0. The van der Waals surface area contributed by atoms with Gasteiger partial charge in [0.05, 0.1) is 0 Å². The second kappa shape index (κ2) is 61.4. The first kappa shape index (κ1) is 69.8. The molecule has 1 atom stereocenters. The van der Waals surface area contributed by atoms with E-state index in [-0.39, 0.29) is 31.1 Å². The van der Waals surface area contributed by atoms with E-state index in [2.05, 4.69) is 142 Å². The van der Waals surface area contributed by atoms with Crippen LogP contribution in [-0.4, -0.2) is 37.2 Å². The zero-order valence-corrected chi connectivity index (χ0v) is 48.1. The second-order valence-electron chi connectivity index (χ2n) is 19.8. The predicted molar refractivity (Wildman–Crippen MR) is 320 cm³/mol. The van der Waals surface area contributed by atoms with Crippen LogP contribution in [0.15, 0.2) is 122 Å². The molecule has 0 aliphatic heterocycles. The van der Waals surface area contributed by atoms with Gasteiger partial charge in [0.15, 0.2) is 6.10 Å². The highest BCUT2D eigenvalue weighted by molar-refractivity contribution is 5.71. The summed E-state index contributed by atoms with van der Waals surface area (Å²) in [5.74, 6) is -0.928. The van der Waals surface area contributed by atoms with Gasteiger partial charge in [-0.15, -0.1) is 0 Å². The molecule has 0 N–H and O–H groups in total. The van der Waals surface area contributed by atoms with Crippen LogP contribution in [-0.2, 0) is 28.6 Å². The van der Waals surface area contributed by atoms with Gasteiger partial charge in [-0.1, -0.05) is 245 Å². The average Bonchev–Trinajstić information content (AvgIpc) is 3.40. The monoisotopic (exact) mass is 1020 g/mol. The standard InChI is InChI=1S/C68H112O6/c1-4-7-10-13-16-19-22-25-28-31-33-34-36-37-40-43-46-49-52-55-58-61-67(70)73-64-65(63-72-66(69)60-57-54-51-48-45-42-39-30-27-24-21-18-15-12-9-6-3)74-68(71)62-59-56-53-50-47-44-41-38-35-32-29-26-23-20-17-14-11-8-5-2/h7-8,10-11,16-17,19-21,24-26,28-30,33-35,38-39,65H,4-6,9,12-15,18,22-23,27,31-32,36-37,40-64H2,1-3H3/b10-7-,11-8-,19-16-,20-17-,24-21-,28-25-,29-26-,34-33-,38-35-,39-30-. The summed E-state index contributed by atoms with van der Waals surface area (Å²) in [5.41, 5.74) is 0. The fraction of sp³-hybridized carbons (Fsp3) is 0.662. The number of carbonyl (C=O) groups excluding carboxylic acids is 3. The first-order valence-electron chi connectivity index (χ1n) is 30.5. The number of allylic oxidation sites excluding steroid dienone is 20. The molecule has 0 aromatic carbocycles. The van der Waals surface area contributed by atoms with Gasteiger partial charge in [0.25, 0.3) is 0 Å². The third-order valence-corrected chi connectivity index (χ3v) is 12.7. The van der Waals surface area contributed by atoms with E-state index in [1.807, 2.05) is 0 Å². The van der Waals surface area contributed by atoms with Gasteiger partial charge in [-0.3, -0.25) is 14.4 Å². The van der Waals surface area contributed by atoms with Crippen molar-refractivity contribution in [2.45, 2.75) is 277 Å². The molecule has 0 radical (unpaired) electrons. The van der Waals surface area contributed by atoms with Crippen molar-refractivity contribution in [3.63, 3.8) is 0 Å². The highest BCUT2D eigenvalue weighted by atomic mass is 16.6. The molecule has 0 amide bonds. The van der Waals surface area contributed by atoms with Crippen LogP contribution in [0.25, 0.3) is 0 Å². The quantitative estimate of drug-likeness (QED) is 0.0261. The number of rotatable bonds is 54. The zero-order valence-electron chi connectivity index (χ0n) is 48.1. The summed E-state index contributed by atoms with van der Waals surface area (Å²) in [5, 5.41) is 0. The van der Waals surface area contributed by atoms with E-state index < -0.39 is 6.10 Å². The fourth-order valence-corrected chi connectivity index (χ4v) is 8.16. The summed E-state index contributed by atoms with van der Waals surface area (Å²) in [6.45, 7) is 6.38. The van der Waals surface area contributed by atoms with Crippen LogP contribution in [0.1, 0.15) is 271 Å². The SMILES string of the molecule is CC/C=C\C/C=C\C/C=C\C/C=C\CCCCCCCCCCC(=O)OCC(COC(=O)CCCCCCC/C=C\C/C=C\CCCCCC)OC(=O)CCCCCCCC/C=C\C/C=C\C/C=C\C/C=C\CC. The Bertz CT molecular complexity index is 1550. The number of carbonyl (C=O) groups is 3. The van der Waals surface area contributed by atoms with Crippen LogP contribution < -0.4 is 0 Å². The minimum absolute atomic E-state index is 0.0954. The van der Waals surface area contributed by atoms with Crippen molar-refractivity contribution in [1.82, 2.24) is 0 Å².